The number of hydrogen-bond donors (Lipinski definition) is 0. The van der Waals surface area contributed by atoms with E-state index in [4.69, 9.17) is 20.5 Å². The van der Waals surface area contributed by atoms with E-state index in [0.29, 0.717) is 39.4 Å². The minimum atomic E-state index is 0.474. The standard InChI is InChI=1S/C13H11ClN4O2S2/c1-21-6-11-16-17-13(19-11)22-7-10-15-12(18-20-10)8-2-4-9(14)5-3-8/h2-5H,6-7H2,1H3. The Morgan fingerprint density at radius 3 is 2.68 bits per heavy atom. The van der Waals surface area contributed by atoms with E-state index < -0.39 is 0 Å². The van der Waals surface area contributed by atoms with Gasteiger partial charge in [0.25, 0.3) is 5.22 Å². The second-order valence-corrected chi connectivity index (χ2v) is 6.43. The van der Waals surface area contributed by atoms with Crippen LogP contribution in [0.5, 0.6) is 0 Å². The van der Waals surface area contributed by atoms with Gasteiger partial charge in [-0.3, -0.25) is 0 Å². The number of aromatic nitrogens is 4. The number of hydrogen-bond acceptors (Lipinski definition) is 8. The highest BCUT2D eigenvalue weighted by Gasteiger charge is 2.12. The fourth-order valence-electron chi connectivity index (χ4n) is 1.63. The van der Waals surface area contributed by atoms with Gasteiger partial charge in [0.05, 0.1) is 11.5 Å². The smallest absolute Gasteiger partial charge is 0.277 e. The molecule has 3 aromatic rings. The number of thioether (sulfide) groups is 2. The average molecular weight is 355 g/mol. The van der Waals surface area contributed by atoms with Gasteiger partial charge in [-0.05, 0) is 30.5 Å². The summed E-state index contributed by atoms with van der Waals surface area (Å²) in [4.78, 5) is 4.33. The first-order chi connectivity index (χ1) is 10.7. The van der Waals surface area contributed by atoms with E-state index in [9.17, 15) is 0 Å². The molecule has 22 heavy (non-hydrogen) atoms. The van der Waals surface area contributed by atoms with Gasteiger partial charge < -0.3 is 8.94 Å². The summed E-state index contributed by atoms with van der Waals surface area (Å²) >= 11 is 8.85. The molecule has 0 saturated heterocycles. The maximum atomic E-state index is 5.85. The third-order valence-corrected chi connectivity index (χ3v) is 4.20. The van der Waals surface area contributed by atoms with Crippen molar-refractivity contribution in [2.24, 2.45) is 0 Å². The molecule has 3 rings (SSSR count). The zero-order chi connectivity index (χ0) is 15.4. The predicted octanol–water partition coefficient (Wildman–Crippen LogP) is 3.93. The van der Waals surface area contributed by atoms with Crippen LogP contribution in [0.15, 0.2) is 38.4 Å². The molecule has 2 heterocycles. The van der Waals surface area contributed by atoms with Gasteiger partial charge in [-0.25, -0.2) is 0 Å². The van der Waals surface area contributed by atoms with Crippen molar-refractivity contribution in [2.45, 2.75) is 16.7 Å². The minimum Gasteiger partial charge on any atom is -0.415 e. The molecule has 0 unspecified atom stereocenters. The van der Waals surface area contributed by atoms with Crippen LogP contribution < -0.4 is 0 Å². The van der Waals surface area contributed by atoms with Crippen LogP contribution in [0.4, 0.5) is 0 Å². The summed E-state index contributed by atoms with van der Waals surface area (Å²) < 4.78 is 10.7. The van der Waals surface area contributed by atoms with E-state index in [0.717, 1.165) is 5.56 Å². The van der Waals surface area contributed by atoms with Gasteiger partial charge in [-0.2, -0.15) is 16.7 Å². The Balaban J connectivity index is 1.62. The van der Waals surface area contributed by atoms with E-state index in [2.05, 4.69) is 20.3 Å². The van der Waals surface area contributed by atoms with E-state index >= 15 is 0 Å². The first-order valence-corrected chi connectivity index (χ1v) is 9.03. The van der Waals surface area contributed by atoms with Gasteiger partial charge in [0.2, 0.25) is 17.6 Å². The van der Waals surface area contributed by atoms with Crippen molar-refractivity contribution < 1.29 is 8.94 Å². The Hall–Kier alpha value is -1.51. The quantitative estimate of drug-likeness (QED) is 0.616. The number of rotatable bonds is 6. The maximum absolute atomic E-state index is 5.85. The maximum Gasteiger partial charge on any atom is 0.277 e. The average Bonchev–Trinajstić information content (AvgIpc) is 3.16. The van der Waals surface area contributed by atoms with Crippen molar-refractivity contribution in [1.29, 1.82) is 0 Å². The highest BCUT2D eigenvalue weighted by molar-refractivity contribution is 7.98. The fraction of sp³-hybridized carbons (Fsp3) is 0.231. The fourth-order valence-corrected chi connectivity index (χ4v) is 2.74. The Bertz CT molecular complexity index is 745. The van der Waals surface area contributed by atoms with Gasteiger partial charge in [0.1, 0.15) is 0 Å². The van der Waals surface area contributed by atoms with Gasteiger partial charge >= 0.3 is 0 Å². The molecule has 0 aliphatic carbocycles. The first kappa shape index (κ1) is 15.4. The molecule has 9 heteroatoms. The summed E-state index contributed by atoms with van der Waals surface area (Å²) in [5, 5.41) is 13.0. The molecular weight excluding hydrogens is 344 g/mol. The molecule has 1 aromatic carbocycles. The molecule has 0 aliphatic heterocycles. The van der Waals surface area contributed by atoms with Crippen molar-refractivity contribution >= 4 is 35.1 Å². The first-order valence-electron chi connectivity index (χ1n) is 6.27. The van der Waals surface area contributed by atoms with Crippen molar-refractivity contribution in [1.82, 2.24) is 20.3 Å². The van der Waals surface area contributed by atoms with E-state index in [1.807, 2.05) is 18.4 Å². The lowest BCUT2D eigenvalue weighted by Gasteiger charge is -1.93. The van der Waals surface area contributed by atoms with E-state index in [1.54, 1.807) is 23.9 Å². The summed E-state index contributed by atoms with van der Waals surface area (Å²) in [6.07, 6.45) is 1.98. The molecule has 0 amide bonds. The Morgan fingerprint density at radius 1 is 1.09 bits per heavy atom. The number of halogens is 1. The monoisotopic (exact) mass is 354 g/mol. The van der Waals surface area contributed by atoms with Crippen LogP contribution in [0, 0.1) is 0 Å². The minimum absolute atomic E-state index is 0.474. The lowest BCUT2D eigenvalue weighted by Crippen LogP contribution is -1.83. The second kappa shape index (κ2) is 7.17. The van der Waals surface area contributed by atoms with Gasteiger partial charge in [-0.1, -0.05) is 28.5 Å². The SMILES string of the molecule is CSCc1nnc(SCc2nc(-c3ccc(Cl)cc3)no2)o1. The second-order valence-electron chi connectivity index (χ2n) is 4.20. The van der Waals surface area contributed by atoms with Crippen molar-refractivity contribution in [3.63, 3.8) is 0 Å². The molecule has 114 valence electrons. The van der Waals surface area contributed by atoms with Gasteiger partial charge in [0.15, 0.2) is 0 Å². The van der Waals surface area contributed by atoms with Crippen molar-refractivity contribution in [2.75, 3.05) is 6.26 Å². The Morgan fingerprint density at radius 2 is 1.91 bits per heavy atom. The zero-order valence-electron chi connectivity index (χ0n) is 11.5. The van der Waals surface area contributed by atoms with Crippen LogP contribution in [0.1, 0.15) is 11.8 Å². The topological polar surface area (TPSA) is 77.8 Å². The summed E-state index contributed by atoms with van der Waals surface area (Å²) in [5.74, 6) is 2.82. The van der Waals surface area contributed by atoms with Crippen LogP contribution in [0.3, 0.4) is 0 Å². The molecule has 0 spiro atoms. The zero-order valence-corrected chi connectivity index (χ0v) is 13.9. The summed E-state index contributed by atoms with van der Waals surface area (Å²) in [7, 11) is 0. The summed E-state index contributed by atoms with van der Waals surface area (Å²) in [5.41, 5.74) is 0.851. The number of benzene rings is 1. The highest BCUT2D eigenvalue weighted by atomic mass is 35.5. The summed E-state index contributed by atoms with van der Waals surface area (Å²) in [6.45, 7) is 0. The van der Waals surface area contributed by atoms with Crippen LogP contribution in [-0.2, 0) is 11.5 Å². The van der Waals surface area contributed by atoms with E-state index in [-0.39, 0.29) is 0 Å². The summed E-state index contributed by atoms with van der Waals surface area (Å²) in [6, 6.07) is 7.26. The normalized spacial score (nSPS) is 11.0. The largest absolute Gasteiger partial charge is 0.415 e. The van der Waals surface area contributed by atoms with Crippen molar-refractivity contribution in [3.8, 4) is 11.4 Å². The molecule has 0 N–H and O–H groups in total. The number of nitrogens with zero attached hydrogens (tertiary/aromatic N) is 4. The predicted molar refractivity (Wildman–Crippen MR) is 85.8 cm³/mol. The molecule has 0 saturated carbocycles. The Kier molecular flexibility index (Phi) is 5.01. The van der Waals surface area contributed by atoms with Crippen LogP contribution >= 0.6 is 35.1 Å². The molecule has 0 fully saturated rings. The molecule has 2 aromatic heterocycles. The molecule has 0 atom stereocenters. The lowest BCUT2D eigenvalue weighted by molar-refractivity contribution is 0.390. The molecule has 6 nitrogen and oxygen atoms in total. The highest BCUT2D eigenvalue weighted by Crippen LogP contribution is 2.24. The Labute approximate surface area is 140 Å². The van der Waals surface area contributed by atoms with Gasteiger partial charge in [-0.15, -0.1) is 10.2 Å². The third kappa shape index (κ3) is 3.82. The third-order valence-electron chi connectivity index (χ3n) is 2.61. The lowest BCUT2D eigenvalue weighted by atomic mass is 10.2. The molecule has 0 radical (unpaired) electrons. The molecular formula is C13H11ClN4O2S2. The van der Waals surface area contributed by atoms with E-state index in [1.165, 1.54) is 11.8 Å². The van der Waals surface area contributed by atoms with Gasteiger partial charge in [0, 0.05) is 10.6 Å². The van der Waals surface area contributed by atoms with Crippen LogP contribution in [-0.4, -0.2) is 26.6 Å². The van der Waals surface area contributed by atoms with Crippen molar-refractivity contribution in [3.05, 3.63) is 41.1 Å². The van der Waals surface area contributed by atoms with Crippen LogP contribution in [0.25, 0.3) is 11.4 Å². The molecule has 0 aliphatic rings. The van der Waals surface area contributed by atoms with Crippen LogP contribution in [0.2, 0.25) is 5.02 Å². The molecule has 0 bridgehead atoms.